The van der Waals surface area contributed by atoms with E-state index in [1.54, 1.807) is 0 Å². The zero-order chi connectivity index (χ0) is 27.2. The number of phosphoric ester groups is 1. The van der Waals surface area contributed by atoms with Crippen molar-refractivity contribution in [3.8, 4) is 0 Å². The lowest BCUT2D eigenvalue weighted by Gasteiger charge is -2.00. The topological polar surface area (TPSA) is 147 Å². The van der Waals surface area contributed by atoms with Crippen molar-refractivity contribution in [3.63, 3.8) is 0 Å². The molecule has 0 atom stereocenters. The van der Waals surface area contributed by atoms with Gasteiger partial charge in [0.05, 0.1) is 6.61 Å². The molecule has 0 radical (unpaired) electrons. The van der Waals surface area contributed by atoms with E-state index >= 15 is 0 Å². The van der Waals surface area contributed by atoms with E-state index in [0.29, 0.717) is 12.8 Å². The number of carboxylic acids is 1. The summed E-state index contributed by atoms with van der Waals surface area (Å²) in [6.45, 7) is 6.03. The molecule has 0 aliphatic carbocycles. The number of amides is 1. The fourth-order valence-electron chi connectivity index (χ4n) is 3.36. The number of hydrogen-bond acceptors (Lipinski definition) is 4. The van der Waals surface area contributed by atoms with E-state index in [4.69, 9.17) is 20.6 Å². The van der Waals surface area contributed by atoms with Crippen molar-refractivity contribution in [2.45, 2.75) is 149 Å². The second kappa shape index (κ2) is 31.1. The SMILES string of the molecule is CCCCCCCCCCCC(=O)O.CCCCCCCCCCCC(N)=O.CCOP(=O)(O)O. The van der Waals surface area contributed by atoms with E-state index in [9.17, 15) is 14.2 Å². The zero-order valence-electron chi connectivity index (χ0n) is 22.8. The van der Waals surface area contributed by atoms with Gasteiger partial charge in [-0.15, -0.1) is 0 Å². The van der Waals surface area contributed by atoms with Crippen molar-refractivity contribution in [1.82, 2.24) is 0 Å². The molecule has 0 aromatic heterocycles. The van der Waals surface area contributed by atoms with Gasteiger partial charge in [-0.1, -0.05) is 117 Å². The summed E-state index contributed by atoms with van der Waals surface area (Å²) in [6.07, 6.45) is 23.6. The Hall–Kier alpha value is -0.950. The molecule has 0 fully saturated rings. The van der Waals surface area contributed by atoms with Crippen molar-refractivity contribution in [2.24, 2.45) is 5.73 Å². The van der Waals surface area contributed by atoms with E-state index in [2.05, 4.69) is 18.4 Å². The highest BCUT2D eigenvalue weighted by Crippen LogP contribution is 2.34. The maximum atomic E-state index is 10.4. The second-order valence-corrected chi connectivity index (χ2v) is 10.2. The Morgan fingerprint density at radius 3 is 1.17 bits per heavy atom. The third-order valence-electron chi connectivity index (χ3n) is 5.32. The van der Waals surface area contributed by atoms with Crippen LogP contribution in [0.15, 0.2) is 0 Å². The standard InChI is InChI=1S/C12H25NO.C12H24O2.C2H7O4P/c2*1-2-3-4-5-6-7-8-9-10-11-12(13)14;1-2-6-7(3,4)5/h2-11H2,1H3,(H2,13,14);2-11H2,1H3,(H,13,14);2H2,1H3,(H2,3,4,5). The number of carbonyl (C=O) groups is 2. The Morgan fingerprint density at radius 2 is 0.943 bits per heavy atom. The molecule has 0 aromatic rings. The minimum Gasteiger partial charge on any atom is -0.481 e. The highest BCUT2D eigenvalue weighted by Gasteiger charge is 2.10. The van der Waals surface area contributed by atoms with Gasteiger partial charge in [0, 0.05) is 12.8 Å². The van der Waals surface area contributed by atoms with E-state index in [1.165, 1.54) is 96.8 Å². The van der Waals surface area contributed by atoms with Crippen molar-refractivity contribution in [1.29, 1.82) is 0 Å². The van der Waals surface area contributed by atoms with Crippen molar-refractivity contribution in [2.75, 3.05) is 6.61 Å². The fraction of sp³-hybridized carbons (Fsp3) is 0.923. The molecule has 9 heteroatoms. The molecular formula is C26H56NO7P. The molecule has 0 aliphatic heterocycles. The number of nitrogens with two attached hydrogens (primary N) is 1. The van der Waals surface area contributed by atoms with Crippen LogP contribution in [0.1, 0.15) is 149 Å². The lowest BCUT2D eigenvalue weighted by molar-refractivity contribution is -0.137. The van der Waals surface area contributed by atoms with Crippen LogP contribution in [0.2, 0.25) is 0 Å². The monoisotopic (exact) mass is 525 g/mol. The van der Waals surface area contributed by atoms with Gasteiger partial charge in [-0.3, -0.25) is 14.1 Å². The third-order valence-corrected chi connectivity index (χ3v) is 5.91. The molecule has 0 bridgehead atoms. The van der Waals surface area contributed by atoms with Crippen LogP contribution >= 0.6 is 7.82 Å². The quantitative estimate of drug-likeness (QED) is 0.0844. The molecule has 0 heterocycles. The predicted molar refractivity (Wildman–Crippen MR) is 144 cm³/mol. The van der Waals surface area contributed by atoms with Gasteiger partial charge in [0.2, 0.25) is 5.91 Å². The van der Waals surface area contributed by atoms with E-state index in [1.807, 2.05) is 0 Å². The lowest BCUT2D eigenvalue weighted by atomic mass is 10.1. The summed E-state index contributed by atoms with van der Waals surface area (Å²) < 4.78 is 13.6. The molecule has 0 unspecified atom stereocenters. The average molecular weight is 526 g/mol. The van der Waals surface area contributed by atoms with Crippen LogP contribution in [0.25, 0.3) is 0 Å². The van der Waals surface area contributed by atoms with Gasteiger partial charge < -0.3 is 20.6 Å². The Bertz CT molecular complexity index is 466. The number of hydrogen-bond donors (Lipinski definition) is 4. The molecular weight excluding hydrogens is 469 g/mol. The summed E-state index contributed by atoms with van der Waals surface area (Å²) >= 11 is 0. The average Bonchev–Trinajstić information content (AvgIpc) is 2.76. The molecule has 8 nitrogen and oxygen atoms in total. The molecule has 35 heavy (non-hydrogen) atoms. The normalized spacial score (nSPS) is 10.7. The summed E-state index contributed by atoms with van der Waals surface area (Å²) in [5.74, 6) is -0.819. The van der Waals surface area contributed by atoms with Crippen LogP contribution < -0.4 is 5.73 Å². The molecule has 0 aliphatic rings. The first kappa shape index (κ1) is 38.6. The minimum absolute atomic E-state index is 0.0459. The van der Waals surface area contributed by atoms with Crippen LogP contribution in [-0.4, -0.2) is 33.4 Å². The maximum absolute atomic E-state index is 10.4. The van der Waals surface area contributed by atoms with Gasteiger partial charge in [0.1, 0.15) is 0 Å². The number of rotatable bonds is 22. The summed E-state index contributed by atoms with van der Waals surface area (Å²) in [7, 11) is -4.17. The first-order valence-electron chi connectivity index (χ1n) is 13.8. The highest BCUT2D eigenvalue weighted by atomic mass is 31.2. The van der Waals surface area contributed by atoms with Crippen LogP contribution in [0, 0.1) is 0 Å². The lowest BCUT2D eigenvalue weighted by Crippen LogP contribution is -2.09. The van der Waals surface area contributed by atoms with Crippen molar-refractivity contribution < 1.29 is 33.6 Å². The Balaban J connectivity index is -0.000000465. The number of aliphatic carboxylic acids is 1. The van der Waals surface area contributed by atoms with E-state index in [0.717, 1.165) is 25.7 Å². The Morgan fingerprint density at radius 1 is 0.629 bits per heavy atom. The summed E-state index contributed by atoms with van der Waals surface area (Å²) in [5.41, 5.74) is 5.05. The van der Waals surface area contributed by atoms with Crippen LogP contribution in [-0.2, 0) is 18.7 Å². The van der Waals surface area contributed by atoms with Crippen LogP contribution in [0.4, 0.5) is 0 Å². The van der Waals surface area contributed by atoms with E-state index in [-0.39, 0.29) is 12.5 Å². The largest absolute Gasteiger partial charge is 0.481 e. The smallest absolute Gasteiger partial charge is 0.469 e. The second-order valence-electron chi connectivity index (χ2n) is 8.93. The van der Waals surface area contributed by atoms with Gasteiger partial charge >= 0.3 is 13.8 Å². The zero-order valence-corrected chi connectivity index (χ0v) is 23.7. The van der Waals surface area contributed by atoms with Gasteiger partial charge in [-0.05, 0) is 19.8 Å². The third kappa shape index (κ3) is 50.8. The predicted octanol–water partition coefficient (Wildman–Crippen LogP) is 7.50. The summed E-state index contributed by atoms with van der Waals surface area (Å²) in [4.78, 5) is 36.4. The first-order valence-corrected chi connectivity index (χ1v) is 15.3. The summed E-state index contributed by atoms with van der Waals surface area (Å²) in [6, 6.07) is 0. The number of carbonyl (C=O) groups excluding carboxylic acids is 1. The number of carboxylic acid groups (broad SMARTS) is 1. The molecule has 5 N–H and O–H groups in total. The molecule has 0 spiro atoms. The van der Waals surface area contributed by atoms with Crippen molar-refractivity contribution in [3.05, 3.63) is 0 Å². The van der Waals surface area contributed by atoms with Crippen LogP contribution in [0.5, 0.6) is 0 Å². The number of primary amides is 1. The highest BCUT2D eigenvalue weighted by molar-refractivity contribution is 7.46. The van der Waals surface area contributed by atoms with Gasteiger partial charge in [0.25, 0.3) is 0 Å². The maximum Gasteiger partial charge on any atom is 0.469 e. The molecule has 1 amide bonds. The van der Waals surface area contributed by atoms with Gasteiger partial charge in [0.15, 0.2) is 0 Å². The number of phosphoric acid groups is 1. The number of unbranched alkanes of at least 4 members (excludes halogenated alkanes) is 16. The summed E-state index contributed by atoms with van der Waals surface area (Å²) in [5, 5.41) is 8.41. The fourth-order valence-corrected chi connectivity index (χ4v) is 3.70. The molecule has 0 aromatic carbocycles. The van der Waals surface area contributed by atoms with Gasteiger partial charge in [-0.25, -0.2) is 4.57 Å². The van der Waals surface area contributed by atoms with Crippen LogP contribution in [0.3, 0.4) is 0 Å². The Labute approximate surface area is 215 Å². The molecule has 0 rings (SSSR count). The first-order chi connectivity index (χ1) is 16.6. The molecule has 212 valence electrons. The van der Waals surface area contributed by atoms with Gasteiger partial charge in [-0.2, -0.15) is 0 Å². The van der Waals surface area contributed by atoms with E-state index < -0.39 is 13.8 Å². The minimum atomic E-state index is -4.17. The molecule has 0 saturated heterocycles. The van der Waals surface area contributed by atoms with Crippen molar-refractivity contribution >= 4 is 19.7 Å². The Kier molecular flexibility index (Phi) is 34.3. The molecule has 0 saturated carbocycles.